The van der Waals surface area contributed by atoms with Gasteiger partial charge in [-0.3, -0.25) is 0 Å². The number of methoxy groups -OCH3 is 1. The summed E-state index contributed by atoms with van der Waals surface area (Å²) in [7, 11) is 3.77. The molecule has 3 rings (SSSR count). The number of anilines is 1. The molecule has 1 atom stereocenters. The van der Waals surface area contributed by atoms with Crippen LogP contribution in [0.3, 0.4) is 0 Å². The molecule has 1 aromatic carbocycles. The molecule has 0 saturated carbocycles. The van der Waals surface area contributed by atoms with Crippen LogP contribution in [0.1, 0.15) is 12.1 Å². The van der Waals surface area contributed by atoms with Crippen molar-refractivity contribution in [1.82, 2.24) is 14.9 Å². The molecule has 0 unspecified atom stereocenters. The van der Waals surface area contributed by atoms with Gasteiger partial charge in [0, 0.05) is 39.4 Å². The summed E-state index contributed by atoms with van der Waals surface area (Å²) >= 11 is 0. The van der Waals surface area contributed by atoms with E-state index >= 15 is 0 Å². The van der Waals surface area contributed by atoms with Gasteiger partial charge in [0.05, 0.1) is 24.8 Å². The predicted octanol–water partition coefficient (Wildman–Crippen LogP) is 2.04. The van der Waals surface area contributed by atoms with Gasteiger partial charge in [-0.25, -0.2) is 4.98 Å². The van der Waals surface area contributed by atoms with Crippen molar-refractivity contribution in [3.63, 3.8) is 0 Å². The number of aryl methyl sites for hydroxylation is 1. The molecule has 0 spiro atoms. The van der Waals surface area contributed by atoms with E-state index in [1.165, 1.54) is 17.8 Å². The molecular formula is C17H24N4O. The topological polar surface area (TPSA) is 42.3 Å². The van der Waals surface area contributed by atoms with Crippen LogP contribution in [0, 0.1) is 5.92 Å². The van der Waals surface area contributed by atoms with Gasteiger partial charge in [0.1, 0.15) is 5.75 Å². The van der Waals surface area contributed by atoms with Crippen LogP contribution in [0.15, 0.2) is 36.8 Å². The molecule has 22 heavy (non-hydrogen) atoms. The molecule has 0 bridgehead atoms. The molecule has 5 nitrogen and oxygen atoms in total. The minimum atomic E-state index is 0.679. The Morgan fingerprint density at radius 1 is 1.36 bits per heavy atom. The number of ether oxygens (including phenoxy) is 1. The number of benzene rings is 1. The number of nitrogens with zero attached hydrogens (tertiary/aromatic N) is 3. The zero-order valence-corrected chi connectivity index (χ0v) is 13.3. The van der Waals surface area contributed by atoms with E-state index in [0.29, 0.717) is 5.92 Å². The Labute approximate surface area is 131 Å². The lowest BCUT2D eigenvalue weighted by molar-refractivity contribution is 0.414. The van der Waals surface area contributed by atoms with E-state index in [-0.39, 0.29) is 0 Å². The maximum Gasteiger partial charge on any atom is 0.142 e. The zero-order valence-electron chi connectivity index (χ0n) is 13.3. The number of para-hydroxylation sites is 2. The summed E-state index contributed by atoms with van der Waals surface area (Å²) in [5.41, 5.74) is 2.43. The van der Waals surface area contributed by atoms with Crippen molar-refractivity contribution in [2.24, 2.45) is 13.0 Å². The van der Waals surface area contributed by atoms with Gasteiger partial charge in [0.15, 0.2) is 0 Å². The second kappa shape index (κ2) is 6.83. The SMILES string of the molecule is COc1ccccc1N1CC[C@@H](CNCc2cncn2C)C1. The third-order valence-corrected chi connectivity index (χ3v) is 4.37. The first-order valence-electron chi connectivity index (χ1n) is 7.82. The molecule has 0 aliphatic carbocycles. The number of rotatable bonds is 6. The number of hydrogen-bond donors (Lipinski definition) is 1. The first kappa shape index (κ1) is 14.9. The summed E-state index contributed by atoms with van der Waals surface area (Å²) in [6.07, 6.45) is 4.98. The van der Waals surface area contributed by atoms with Gasteiger partial charge in [-0.05, 0) is 24.5 Å². The third kappa shape index (κ3) is 3.25. The van der Waals surface area contributed by atoms with Crippen molar-refractivity contribution < 1.29 is 4.74 Å². The zero-order chi connectivity index (χ0) is 15.4. The highest BCUT2D eigenvalue weighted by molar-refractivity contribution is 5.59. The first-order chi connectivity index (χ1) is 10.8. The largest absolute Gasteiger partial charge is 0.495 e. The molecule has 1 aliphatic rings. The van der Waals surface area contributed by atoms with Crippen LogP contribution in [0.4, 0.5) is 5.69 Å². The van der Waals surface area contributed by atoms with E-state index in [1.54, 1.807) is 7.11 Å². The minimum absolute atomic E-state index is 0.679. The minimum Gasteiger partial charge on any atom is -0.495 e. The van der Waals surface area contributed by atoms with E-state index in [2.05, 4.69) is 31.9 Å². The summed E-state index contributed by atoms with van der Waals surface area (Å²) in [6, 6.07) is 8.27. The molecule has 1 saturated heterocycles. The van der Waals surface area contributed by atoms with Gasteiger partial charge in [-0.15, -0.1) is 0 Å². The van der Waals surface area contributed by atoms with Crippen molar-refractivity contribution in [1.29, 1.82) is 0 Å². The van der Waals surface area contributed by atoms with Gasteiger partial charge >= 0.3 is 0 Å². The second-order valence-electron chi connectivity index (χ2n) is 5.90. The lowest BCUT2D eigenvalue weighted by Crippen LogP contribution is -2.26. The maximum atomic E-state index is 5.47. The Kier molecular flexibility index (Phi) is 4.63. The van der Waals surface area contributed by atoms with Crippen molar-refractivity contribution in [2.75, 3.05) is 31.6 Å². The average molecular weight is 300 g/mol. The highest BCUT2D eigenvalue weighted by atomic mass is 16.5. The van der Waals surface area contributed by atoms with Gasteiger partial charge < -0.3 is 19.5 Å². The van der Waals surface area contributed by atoms with Crippen molar-refractivity contribution in [3.8, 4) is 5.75 Å². The summed E-state index contributed by atoms with van der Waals surface area (Å²) < 4.78 is 7.53. The molecule has 1 aromatic heterocycles. The predicted molar refractivity (Wildman–Crippen MR) is 88.2 cm³/mol. The van der Waals surface area contributed by atoms with Gasteiger partial charge in [-0.1, -0.05) is 12.1 Å². The third-order valence-electron chi connectivity index (χ3n) is 4.37. The Morgan fingerprint density at radius 3 is 3.00 bits per heavy atom. The smallest absolute Gasteiger partial charge is 0.142 e. The molecule has 5 heteroatoms. The van der Waals surface area contributed by atoms with E-state index in [9.17, 15) is 0 Å². The highest BCUT2D eigenvalue weighted by Gasteiger charge is 2.24. The molecule has 2 aromatic rings. The molecule has 1 aliphatic heterocycles. The molecule has 0 amide bonds. The van der Waals surface area contributed by atoms with Crippen LogP contribution < -0.4 is 15.0 Å². The monoisotopic (exact) mass is 300 g/mol. The van der Waals surface area contributed by atoms with Gasteiger partial charge in [0.2, 0.25) is 0 Å². The molecule has 2 heterocycles. The maximum absolute atomic E-state index is 5.47. The summed E-state index contributed by atoms with van der Waals surface area (Å²) in [5.74, 6) is 1.64. The Hall–Kier alpha value is -2.01. The van der Waals surface area contributed by atoms with Crippen LogP contribution in [0.5, 0.6) is 5.75 Å². The summed E-state index contributed by atoms with van der Waals surface area (Å²) in [6.45, 7) is 4.09. The second-order valence-corrected chi connectivity index (χ2v) is 5.90. The lowest BCUT2D eigenvalue weighted by Gasteiger charge is -2.21. The number of aromatic nitrogens is 2. The van der Waals surface area contributed by atoms with E-state index in [0.717, 1.165) is 31.9 Å². The van der Waals surface area contributed by atoms with E-state index in [1.807, 2.05) is 31.7 Å². The van der Waals surface area contributed by atoms with Crippen LogP contribution in [-0.2, 0) is 13.6 Å². The standard InChI is InChI=1S/C17H24N4O/c1-20-13-19-11-15(20)10-18-9-14-7-8-21(12-14)16-5-3-4-6-17(16)22-2/h3-6,11,13-14,18H,7-10,12H2,1-2H3/t14-/m0/s1. The van der Waals surface area contributed by atoms with Crippen LogP contribution >= 0.6 is 0 Å². The van der Waals surface area contributed by atoms with Crippen molar-refractivity contribution in [3.05, 3.63) is 42.5 Å². The molecule has 1 N–H and O–H groups in total. The fourth-order valence-electron chi connectivity index (χ4n) is 3.07. The van der Waals surface area contributed by atoms with E-state index < -0.39 is 0 Å². The van der Waals surface area contributed by atoms with Gasteiger partial charge in [-0.2, -0.15) is 0 Å². The van der Waals surface area contributed by atoms with E-state index in [4.69, 9.17) is 4.74 Å². The first-order valence-corrected chi connectivity index (χ1v) is 7.82. The number of imidazole rings is 1. The fourth-order valence-corrected chi connectivity index (χ4v) is 3.07. The molecule has 1 fully saturated rings. The summed E-state index contributed by atoms with van der Waals surface area (Å²) in [4.78, 5) is 6.57. The Morgan fingerprint density at radius 2 is 2.23 bits per heavy atom. The van der Waals surface area contributed by atoms with Crippen LogP contribution in [-0.4, -0.2) is 36.3 Å². The van der Waals surface area contributed by atoms with Crippen molar-refractivity contribution >= 4 is 5.69 Å². The average Bonchev–Trinajstić information content (AvgIpc) is 3.17. The van der Waals surface area contributed by atoms with Crippen molar-refractivity contribution in [2.45, 2.75) is 13.0 Å². The Bertz CT molecular complexity index is 610. The number of hydrogen-bond acceptors (Lipinski definition) is 4. The fraction of sp³-hybridized carbons (Fsp3) is 0.471. The highest BCUT2D eigenvalue weighted by Crippen LogP contribution is 2.31. The lowest BCUT2D eigenvalue weighted by atomic mass is 10.1. The van der Waals surface area contributed by atoms with Crippen LogP contribution in [0.25, 0.3) is 0 Å². The normalized spacial score (nSPS) is 17.9. The Balaban J connectivity index is 1.51. The molecule has 118 valence electrons. The summed E-state index contributed by atoms with van der Waals surface area (Å²) in [5, 5.41) is 3.55. The van der Waals surface area contributed by atoms with Crippen LogP contribution in [0.2, 0.25) is 0 Å². The molecular weight excluding hydrogens is 276 g/mol. The van der Waals surface area contributed by atoms with Gasteiger partial charge in [0.25, 0.3) is 0 Å². The quantitative estimate of drug-likeness (QED) is 0.886. The number of nitrogens with one attached hydrogen (secondary N) is 1. The molecule has 0 radical (unpaired) electrons.